The second-order valence-electron chi connectivity index (χ2n) is 10.0. The largest absolute Gasteiger partial charge is 0.465 e. The van der Waals surface area contributed by atoms with E-state index in [0.717, 1.165) is 36.6 Å². The van der Waals surface area contributed by atoms with Crippen molar-refractivity contribution >= 4 is 29.3 Å². The summed E-state index contributed by atoms with van der Waals surface area (Å²) < 4.78 is 41.7. The third-order valence-electron chi connectivity index (χ3n) is 7.43. The van der Waals surface area contributed by atoms with Crippen LogP contribution in [0.1, 0.15) is 53.2 Å². The number of alkyl halides is 3. The smallest absolute Gasteiger partial charge is 0.416 e. The Hall–Kier alpha value is -3.76. The lowest BCUT2D eigenvalue weighted by atomic mass is 9.95. The van der Waals surface area contributed by atoms with E-state index in [0.29, 0.717) is 30.0 Å². The highest BCUT2D eigenvalue weighted by Gasteiger charge is 2.41. The quantitative estimate of drug-likeness (QED) is 0.578. The molecule has 2 heterocycles. The lowest BCUT2D eigenvalue weighted by molar-refractivity contribution is -0.139. The third-order valence-corrected chi connectivity index (χ3v) is 7.43. The molecule has 3 aliphatic rings. The molecule has 8 nitrogen and oxygen atoms in total. The highest BCUT2D eigenvalue weighted by Crippen LogP contribution is 2.39. The van der Waals surface area contributed by atoms with E-state index < -0.39 is 29.8 Å². The van der Waals surface area contributed by atoms with Gasteiger partial charge in [0.1, 0.15) is 0 Å². The number of rotatable bonds is 5. The minimum absolute atomic E-state index is 0.00605. The number of nitrogens with one attached hydrogen (secondary N) is 1. The van der Waals surface area contributed by atoms with Crippen LogP contribution in [0.15, 0.2) is 42.5 Å². The van der Waals surface area contributed by atoms with E-state index in [4.69, 9.17) is 0 Å². The molecule has 2 aromatic carbocycles. The Morgan fingerprint density at radius 1 is 0.947 bits per heavy atom. The van der Waals surface area contributed by atoms with Gasteiger partial charge in [0.2, 0.25) is 5.91 Å². The van der Waals surface area contributed by atoms with E-state index >= 15 is 0 Å². The van der Waals surface area contributed by atoms with E-state index in [2.05, 4.69) is 5.32 Å². The summed E-state index contributed by atoms with van der Waals surface area (Å²) in [6.07, 6.45) is -2.34. The molecule has 2 saturated heterocycles. The van der Waals surface area contributed by atoms with Crippen LogP contribution >= 0.6 is 0 Å². The lowest BCUT2D eigenvalue weighted by Crippen LogP contribution is -2.52. The van der Waals surface area contributed by atoms with Gasteiger partial charge in [-0.2, -0.15) is 13.2 Å². The van der Waals surface area contributed by atoms with Crippen molar-refractivity contribution < 1.29 is 32.7 Å². The normalized spacial score (nSPS) is 20.0. The van der Waals surface area contributed by atoms with Gasteiger partial charge in [-0.1, -0.05) is 18.2 Å². The molecule has 3 fully saturated rings. The molecule has 2 N–H and O–H groups in total. The van der Waals surface area contributed by atoms with Crippen LogP contribution in [0.4, 0.5) is 29.3 Å². The van der Waals surface area contributed by atoms with Crippen molar-refractivity contribution in [3.63, 3.8) is 0 Å². The van der Waals surface area contributed by atoms with Gasteiger partial charge < -0.3 is 25.1 Å². The van der Waals surface area contributed by atoms with Gasteiger partial charge in [0.05, 0.1) is 22.9 Å². The molecule has 0 bridgehead atoms. The van der Waals surface area contributed by atoms with Gasteiger partial charge in [0.15, 0.2) is 0 Å². The van der Waals surface area contributed by atoms with E-state index in [1.165, 1.54) is 23.1 Å². The summed E-state index contributed by atoms with van der Waals surface area (Å²) >= 11 is 0. The number of hydrogen-bond acceptors (Lipinski definition) is 4. The Morgan fingerprint density at radius 3 is 2.32 bits per heavy atom. The molecule has 11 heteroatoms. The van der Waals surface area contributed by atoms with Crippen LogP contribution in [0.25, 0.3) is 0 Å². The maximum atomic E-state index is 14.0. The van der Waals surface area contributed by atoms with Crippen molar-refractivity contribution in [3.05, 3.63) is 59.2 Å². The summed E-state index contributed by atoms with van der Waals surface area (Å²) in [5.74, 6) is -0.532. The number of benzene rings is 2. The van der Waals surface area contributed by atoms with Crippen LogP contribution in [-0.2, 0) is 11.0 Å². The summed E-state index contributed by atoms with van der Waals surface area (Å²) in [6.45, 7) is 1.09. The molecule has 1 saturated carbocycles. The van der Waals surface area contributed by atoms with Crippen LogP contribution in [0, 0.1) is 5.92 Å². The van der Waals surface area contributed by atoms with E-state index in [-0.39, 0.29) is 37.0 Å². The van der Waals surface area contributed by atoms with Crippen LogP contribution in [0.2, 0.25) is 0 Å². The average Bonchev–Trinajstić information content (AvgIpc) is 3.61. The molecular formula is C27H29F3N4O4. The summed E-state index contributed by atoms with van der Waals surface area (Å²) in [5.41, 5.74) is 0.456. The number of amides is 3. The maximum absolute atomic E-state index is 14.0. The van der Waals surface area contributed by atoms with Crippen LogP contribution in [0.5, 0.6) is 0 Å². The number of nitrogens with zero attached hydrogens (tertiary/aromatic N) is 3. The highest BCUT2D eigenvalue weighted by atomic mass is 19.4. The summed E-state index contributed by atoms with van der Waals surface area (Å²) in [6, 6.07) is 8.86. The van der Waals surface area contributed by atoms with Gasteiger partial charge in [-0.15, -0.1) is 0 Å². The minimum Gasteiger partial charge on any atom is -0.465 e. The second-order valence-corrected chi connectivity index (χ2v) is 10.0. The predicted octanol–water partition coefficient (Wildman–Crippen LogP) is 4.83. The van der Waals surface area contributed by atoms with Crippen molar-refractivity contribution in [3.8, 4) is 0 Å². The Labute approximate surface area is 218 Å². The molecule has 202 valence electrons. The number of anilines is 2. The Kier molecular flexibility index (Phi) is 6.93. The number of piperazine rings is 1. The molecule has 5 rings (SSSR count). The minimum atomic E-state index is -4.67. The Morgan fingerprint density at radius 2 is 1.66 bits per heavy atom. The molecule has 1 atom stereocenters. The first-order valence-electron chi connectivity index (χ1n) is 12.8. The van der Waals surface area contributed by atoms with Crippen LogP contribution in [0.3, 0.4) is 0 Å². The first kappa shape index (κ1) is 25.9. The molecule has 0 unspecified atom stereocenters. The fourth-order valence-electron chi connectivity index (χ4n) is 5.27. The van der Waals surface area contributed by atoms with Crippen molar-refractivity contribution in [1.29, 1.82) is 0 Å². The van der Waals surface area contributed by atoms with Crippen LogP contribution < -0.4 is 10.2 Å². The SMILES string of the molecule is O=C(Nc1ccc(C(=O)N2CCN(C(=O)O)C[C@@H]2c2ccccc2C(F)(F)F)c(N2CCCC2)c1)C1CC1. The molecule has 0 radical (unpaired) electrons. The Bertz CT molecular complexity index is 1240. The third kappa shape index (κ3) is 5.27. The number of halogens is 3. The number of hydrogen-bond donors (Lipinski definition) is 2. The molecule has 2 aromatic rings. The standard InChI is InChI=1S/C27H29F3N4O4/c28-27(29,30)21-6-2-1-5-19(21)23-16-33(26(37)38)13-14-34(23)25(36)20-10-9-18(31-24(35)17-7-8-17)15-22(20)32-11-3-4-12-32/h1-2,5-6,9-10,15,17,23H,3-4,7-8,11-14,16H2,(H,31,35)(H,37,38)/t23-/m1/s1. The Balaban J connectivity index is 1.52. The fraction of sp³-hybridized carbons (Fsp3) is 0.444. The van der Waals surface area contributed by atoms with Crippen molar-refractivity contribution in [2.24, 2.45) is 5.92 Å². The monoisotopic (exact) mass is 530 g/mol. The van der Waals surface area contributed by atoms with Gasteiger partial charge >= 0.3 is 12.3 Å². The fourth-order valence-corrected chi connectivity index (χ4v) is 5.27. The van der Waals surface area contributed by atoms with Gasteiger partial charge in [-0.05, 0) is 55.5 Å². The van der Waals surface area contributed by atoms with Gasteiger partial charge in [-0.25, -0.2) is 4.79 Å². The van der Waals surface area contributed by atoms with Gasteiger partial charge in [0, 0.05) is 44.3 Å². The lowest BCUT2D eigenvalue weighted by Gasteiger charge is -2.41. The first-order chi connectivity index (χ1) is 18.1. The summed E-state index contributed by atoms with van der Waals surface area (Å²) in [7, 11) is 0. The summed E-state index contributed by atoms with van der Waals surface area (Å²) in [4.78, 5) is 42.5. The van der Waals surface area contributed by atoms with Gasteiger partial charge in [0.25, 0.3) is 5.91 Å². The van der Waals surface area contributed by atoms with Crippen molar-refractivity contribution in [2.75, 3.05) is 42.9 Å². The molecule has 3 amide bonds. The van der Waals surface area contributed by atoms with Crippen molar-refractivity contribution in [1.82, 2.24) is 9.80 Å². The zero-order chi connectivity index (χ0) is 27.0. The number of carbonyl (C=O) groups is 3. The number of carboxylic acid groups (broad SMARTS) is 1. The molecule has 1 aliphatic carbocycles. The molecular weight excluding hydrogens is 501 g/mol. The van der Waals surface area contributed by atoms with Gasteiger partial charge in [-0.3, -0.25) is 9.59 Å². The van der Waals surface area contributed by atoms with E-state index in [9.17, 15) is 32.7 Å². The second kappa shape index (κ2) is 10.2. The van der Waals surface area contributed by atoms with E-state index in [1.54, 1.807) is 18.2 Å². The number of carbonyl (C=O) groups excluding carboxylic acids is 2. The average molecular weight is 531 g/mol. The highest BCUT2D eigenvalue weighted by molar-refractivity contribution is 6.02. The maximum Gasteiger partial charge on any atom is 0.416 e. The molecule has 0 spiro atoms. The molecule has 38 heavy (non-hydrogen) atoms. The summed E-state index contributed by atoms with van der Waals surface area (Å²) in [5, 5.41) is 12.5. The first-order valence-corrected chi connectivity index (χ1v) is 12.8. The van der Waals surface area contributed by atoms with Crippen molar-refractivity contribution in [2.45, 2.75) is 37.9 Å². The van der Waals surface area contributed by atoms with E-state index in [1.807, 2.05) is 4.90 Å². The predicted molar refractivity (Wildman–Crippen MR) is 134 cm³/mol. The molecule has 0 aromatic heterocycles. The topological polar surface area (TPSA) is 93.2 Å². The van der Waals surface area contributed by atoms with Crippen LogP contribution in [-0.4, -0.2) is 65.5 Å². The zero-order valence-corrected chi connectivity index (χ0v) is 20.7. The molecule has 2 aliphatic heterocycles. The zero-order valence-electron chi connectivity index (χ0n) is 20.7.